The van der Waals surface area contributed by atoms with E-state index in [0.29, 0.717) is 11.8 Å². The Kier molecular flexibility index (Phi) is 6.07. The molecule has 0 radical (unpaired) electrons. The molecule has 1 unspecified atom stereocenters. The van der Waals surface area contributed by atoms with Crippen molar-refractivity contribution in [1.29, 1.82) is 0 Å². The van der Waals surface area contributed by atoms with Gasteiger partial charge in [-0.15, -0.1) is 0 Å². The van der Waals surface area contributed by atoms with Crippen LogP contribution in [0.5, 0.6) is 0 Å². The minimum Gasteiger partial charge on any atom is -0.223 e. The van der Waals surface area contributed by atoms with Crippen LogP contribution in [-0.2, 0) is 12.4 Å². The Hall–Kier alpha value is -3.31. The molecule has 1 heterocycles. The number of halogens is 9. The van der Waals surface area contributed by atoms with Gasteiger partial charge >= 0.3 is 18.5 Å². The number of nitrogens with zero attached hydrogens (tertiary/aromatic N) is 3. The van der Waals surface area contributed by atoms with Crippen molar-refractivity contribution in [1.82, 2.24) is 14.8 Å². The van der Waals surface area contributed by atoms with Crippen molar-refractivity contribution in [2.75, 3.05) is 0 Å². The summed E-state index contributed by atoms with van der Waals surface area (Å²) >= 11 is 0. The van der Waals surface area contributed by atoms with Gasteiger partial charge in [-0.05, 0) is 41.5 Å². The Morgan fingerprint density at radius 3 is 1.78 bits per heavy atom. The summed E-state index contributed by atoms with van der Waals surface area (Å²) in [5.74, 6) is -2.69. The van der Waals surface area contributed by atoms with E-state index in [1.165, 1.54) is 41.6 Å². The first-order chi connectivity index (χ1) is 14.7. The van der Waals surface area contributed by atoms with Gasteiger partial charge in [-0.25, -0.2) is 9.67 Å². The second kappa shape index (κ2) is 8.32. The van der Waals surface area contributed by atoms with Crippen LogP contribution in [0.3, 0.4) is 0 Å². The standard InChI is InChI=1S/C20H12F9N3/c21-18(22,23)14-7-13(8-15(9-14)19(24,25)26)17(20(27,28)29)6-3-12-1-4-16(5-2-12)32-11-30-10-31-32/h1-11,17H/b6-3+. The predicted octanol–water partition coefficient (Wildman–Crippen LogP) is 6.66. The van der Waals surface area contributed by atoms with Crippen LogP contribution >= 0.6 is 0 Å². The summed E-state index contributed by atoms with van der Waals surface area (Å²) in [4.78, 5) is 3.74. The first-order valence-corrected chi connectivity index (χ1v) is 8.74. The van der Waals surface area contributed by atoms with Crippen molar-refractivity contribution in [3.05, 3.63) is 83.4 Å². The Morgan fingerprint density at radius 2 is 1.34 bits per heavy atom. The molecule has 0 aliphatic heterocycles. The highest BCUT2D eigenvalue weighted by Crippen LogP contribution is 2.42. The lowest BCUT2D eigenvalue weighted by molar-refractivity contribution is -0.146. The fourth-order valence-electron chi connectivity index (χ4n) is 2.85. The van der Waals surface area contributed by atoms with Gasteiger partial charge in [0.1, 0.15) is 12.7 Å². The lowest BCUT2D eigenvalue weighted by Gasteiger charge is -2.21. The van der Waals surface area contributed by atoms with E-state index < -0.39 is 41.1 Å². The summed E-state index contributed by atoms with van der Waals surface area (Å²) in [6.07, 6.45) is -11.5. The highest BCUT2D eigenvalue weighted by Gasteiger charge is 2.43. The average Bonchev–Trinajstić information content (AvgIpc) is 3.21. The van der Waals surface area contributed by atoms with Crippen molar-refractivity contribution in [3.8, 4) is 5.69 Å². The molecule has 0 saturated heterocycles. The van der Waals surface area contributed by atoms with Crippen LogP contribution in [0, 0.1) is 0 Å². The fraction of sp³-hybridized carbons (Fsp3) is 0.200. The molecule has 0 fully saturated rings. The van der Waals surface area contributed by atoms with Gasteiger partial charge in [0.05, 0.1) is 22.7 Å². The fourth-order valence-corrected chi connectivity index (χ4v) is 2.85. The van der Waals surface area contributed by atoms with Crippen LogP contribution in [0.15, 0.2) is 61.2 Å². The number of benzene rings is 2. The summed E-state index contributed by atoms with van der Waals surface area (Å²) in [7, 11) is 0. The number of rotatable bonds is 4. The normalized spacial score (nSPS) is 14.2. The molecular weight excluding hydrogens is 453 g/mol. The monoisotopic (exact) mass is 465 g/mol. The topological polar surface area (TPSA) is 30.7 Å². The molecule has 0 aliphatic carbocycles. The molecule has 1 aromatic heterocycles. The van der Waals surface area contributed by atoms with Crippen molar-refractivity contribution in [3.63, 3.8) is 0 Å². The summed E-state index contributed by atoms with van der Waals surface area (Å²) in [5.41, 5.74) is -4.02. The van der Waals surface area contributed by atoms with E-state index in [1.54, 1.807) is 0 Å². The molecule has 3 rings (SSSR count). The second-order valence-corrected chi connectivity index (χ2v) is 6.65. The summed E-state index contributed by atoms with van der Waals surface area (Å²) in [6, 6.07) is 5.76. The highest BCUT2D eigenvalue weighted by molar-refractivity contribution is 5.53. The van der Waals surface area contributed by atoms with E-state index in [1.807, 2.05) is 0 Å². The quantitative estimate of drug-likeness (QED) is 0.404. The predicted molar refractivity (Wildman–Crippen MR) is 95.6 cm³/mol. The molecular formula is C20H12F9N3. The molecule has 170 valence electrons. The largest absolute Gasteiger partial charge is 0.416 e. The molecule has 32 heavy (non-hydrogen) atoms. The Morgan fingerprint density at radius 1 is 0.781 bits per heavy atom. The number of hydrogen-bond acceptors (Lipinski definition) is 2. The average molecular weight is 465 g/mol. The molecule has 0 amide bonds. The van der Waals surface area contributed by atoms with Gasteiger partial charge in [0.15, 0.2) is 0 Å². The number of alkyl halides is 9. The molecule has 12 heteroatoms. The lowest BCUT2D eigenvalue weighted by atomic mass is 9.93. The van der Waals surface area contributed by atoms with Crippen LogP contribution in [0.4, 0.5) is 39.5 Å². The smallest absolute Gasteiger partial charge is 0.223 e. The maximum absolute atomic E-state index is 13.6. The van der Waals surface area contributed by atoms with Gasteiger partial charge in [-0.1, -0.05) is 24.3 Å². The molecule has 0 aliphatic rings. The van der Waals surface area contributed by atoms with Crippen molar-refractivity contribution in [2.24, 2.45) is 0 Å². The molecule has 3 aromatic rings. The number of allylic oxidation sites excluding steroid dienone is 1. The minimum atomic E-state index is -5.26. The highest BCUT2D eigenvalue weighted by atomic mass is 19.4. The van der Waals surface area contributed by atoms with Gasteiger partial charge in [-0.2, -0.15) is 44.6 Å². The van der Waals surface area contributed by atoms with E-state index in [0.717, 1.165) is 6.08 Å². The zero-order valence-electron chi connectivity index (χ0n) is 15.7. The van der Waals surface area contributed by atoms with Gasteiger partial charge in [0.25, 0.3) is 0 Å². The lowest BCUT2D eigenvalue weighted by Crippen LogP contribution is -2.21. The Balaban J connectivity index is 2.00. The molecule has 0 saturated carbocycles. The third-order valence-electron chi connectivity index (χ3n) is 4.38. The molecule has 0 bridgehead atoms. The zero-order valence-corrected chi connectivity index (χ0v) is 15.7. The molecule has 1 atom stereocenters. The Bertz CT molecular complexity index is 1050. The van der Waals surface area contributed by atoms with Gasteiger partial charge in [-0.3, -0.25) is 0 Å². The zero-order chi connectivity index (χ0) is 23.7. The van der Waals surface area contributed by atoms with Crippen molar-refractivity contribution in [2.45, 2.75) is 24.4 Å². The summed E-state index contributed by atoms with van der Waals surface area (Å²) < 4.78 is 120. The van der Waals surface area contributed by atoms with Crippen LogP contribution in [0.2, 0.25) is 0 Å². The van der Waals surface area contributed by atoms with E-state index in [4.69, 9.17) is 0 Å². The second-order valence-electron chi connectivity index (χ2n) is 6.65. The first-order valence-electron chi connectivity index (χ1n) is 8.74. The van der Waals surface area contributed by atoms with Crippen LogP contribution in [0.25, 0.3) is 11.8 Å². The summed E-state index contributed by atoms with van der Waals surface area (Å²) in [6.45, 7) is 0. The third kappa shape index (κ3) is 5.48. The molecule has 3 nitrogen and oxygen atoms in total. The first kappa shape index (κ1) is 23.4. The molecule has 0 N–H and O–H groups in total. The van der Waals surface area contributed by atoms with Gasteiger partial charge in [0.2, 0.25) is 0 Å². The van der Waals surface area contributed by atoms with E-state index in [2.05, 4.69) is 10.1 Å². The van der Waals surface area contributed by atoms with Crippen LogP contribution in [0.1, 0.15) is 28.2 Å². The minimum absolute atomic E-state index is 0.0749. The number of hydrogen-bond donors (Lipinski definition) is 0. The number of aromatic nitrogens is 3. The third-order valence-corrected chi connectivity index (χ3v) is 4.38. The van der Waals surface area contributed by atoms with Gasteiger partial charge < -0.3 is 0 Å². The van der Waals surface area contributed by atoms with Crippen molar-refractivity contribution < 1.29 is 39.5 Å². The SMILES string of the molecule is FC(F)(F)c1cc(C(/C=C/c2ccc(-n3cncn3)cc2)C(F)(F)F)cc(C(F)(F)F)c1. The van der Waals surface area contributed by atoms with Crippen LogP contribution in [-0.4, -0.2) is 20.9 Å². The summed E-state index contributed by atoms with van der Waals surface area (Å²) in [5, 5.41) is 3.87. The van der Waals surface area contributed by atoms with Gasteiger partial charge in [0, 0.05) is 0 Å². The molecule has 2 aromatic carbocycles. The van der Waals surface area contributed by atoms with Crippen LogP contribution < -0.4 is 0 Å². The molecule has 0 spiro atoms. The van der Waals surface area contributed by atoms with E-state index in [-0.39, 0.29) is 23.8 Å². The van der Waals surface area contributed by atoms with E-state index >= 15 is 0 Å². The maximum Gasteiger partial charge on any atom is 0.416 e. The maximum atomic E-state index is 13.6. The van der Waals surface area contributed by atoms with E-state index in [9.17, 15) is 39.5 Å². The van der Waals surface area contributed by atoms with Crippen molar-refractivity contribution >= 4 is 6.08 Å². The Labute approximate surface area is 174 Å².